The maximum Gasteiger partial charge on any atom is 0.289 e. The number of hydrogen-bond acceptors (Lipinski definition) is 6. The summed E-state index contributed by atoms with van der Waals surface area (Å²) >= 11 is 0. The molecule has 0 radical (unpaired) electrons. The van der Waals surface area contributed by atoms with Crippen LogP contribution in [0.4, 0.5) is 0 Å². The fourth-order valence-electron chi connectivity index (χ4n) is 0.719. The summed E-state index contributed by atoms with van der Waals surface area (Å²) in [4.78, 5) is 0. The Labute approximate surface area is 90.8 Å². The molecule has 0 aromatic heterocycles. The van der Waals surface area contributed by atoms with Gasteiger partial charge in [0.25, 0.3) is 20.2 Å². The molecule has 0 aromatic rings. The fraction of sp³-hybridized carbons (Fsp3) is 1.00. The first-order valence-electron chi connectivity index (χ1n) is 4.40. The average molecular weight is 260 g/mol. The molecular formula is C7H16O6S2. The monoisotopic (exact) mass is 260 g/mol. The lowest BCUT2D eigenvalue weighted by atomic mass is 10.5. The molecule has 0 saturated heterocycles. The smallest absolute Gasteiger partial charge is 0.269 e. The average Bonchev–Trinajstić information content (AvgIpc) is 2.03. The quantitative estimate of drug-likeness (QED) is 0.645. The third-order valence-electron chi connectivity index (χ3n) is 1.75. The summed E-state index contributed by atoms with van der Waals surface area (Å²) < 4.78 is 52.7. The summed E-state index contributed by atoms with van der Waals surface area (Å²) in [5.41, 5.74) is 0. The first kappa shape index (κ1) is 14.8. The molecule has 0 aliphatic heterocycles. The van der Waals surface area contributed by atoms with Crippen LogP contribution in [0.5, 0.6) is 0 Å². The van der Waals surface area contributed by atoms with Crippen molar-refractivity contribution in [1.29, 1.82) is 0 Å². The molecule has 6 nitrogen and oxygen atoms in total. The fourth-order valence-corrected chi connectivity index (χ4v) is 3.20. The summed E-state index contributed by atoms with van der Waals surface area (Å²) in [6.07, 6.45) is 0. The van der Waals surface area contributed by atoms with Gasteiger partial charge < -0.3 is 0 Å². The van der Waals surface area contributed by atoms with Gasteiger partial charge >= 0.3 is 0 Å². The minimum absolute atomic E-state index is 0.118. The Balaban J connectivity index is 5.32. The van der Waals surface area contributed by atoms with Crippen molar-refractivity contribution >= 4 is 20.2 Å². The normalized spacial score (nSPS) is 14.1. The molecule has 0 amide bonds. The van der Waals surface area contributed by atoms with Gasteiger partial charge in [0.15, 0.2) is 0 Å². The van der Waals surface area contributed by atoms with Crippen molar-refractivity contribution in [2.24, 2.45) is 0 Å². The van der Waals surface area contributed by atoms with Gasteiger partial charge in [-0.05, 0) is 27.7 Å². The molecule has 0 rings (SSSR count). The lowest BCUT2D eigenvalue weighted by molar-refractivity contribution is 0.309. The van der Waals surface area contributed by atoms with Gasteiger partial charge in [0.2, 0.25) is 4.08 Å². The topological polar surface area (TPSA) is 86.7 Å². The Morgan fingerprint density at radius 2 is 1.13 bits per heavy atom. The van der Waals surface area contributed by atoms with Gasteiger partial charge in [-0.2, -0.15) is 16.8 Å². The van der Waals surface area contributed by atoms with Gasteiger partial charge in [0.05, 0.1) is 13.2 Å². The first-order valence-corrected chi connectivity index (χ1v) is 7.22. The molecule has 0 aliphatic rings. The molecular weight excluding hydrogens is 244 g/mol. The van der Waals surface area contributed by atoms with E-state index in [0.29, 0.717) is 0 Å². The van der Waals surface area contributed by atoms with Crippen molar-refractivity contribution in [3.63, 3.8) is 0 Å². The van der Waals surface area contributed by atoms with Crippen LogP contribution in [0.3, 0.4) is 0 Å². The third-order valence-corrected chi connectivity index (χ3v) is 6.48. The SMILES string of the molecule is CCOS(=O)(=O)C(C)(C)S(=O)(=O)OCC. The highest BCUT2D eigenvalue weighted by Gasteiger charge is 2.48. The molecule has 0 N–H and O–H groups in total. The first-order chi connectivity index (χ1) is 6.62. The van der Waals surface area contributed by atoms with Crippen molar-refractivity contribution in [3.8, 4) is 0 Å². The van der Waals surface area contributed by atoms with Crippen LogP contribution in [0, 0.1) is 0 Å². The third kappa shape index (κ3) is 2.90. The largest absolute Gasteiger partial charge is 0.289 e. The molecule has 0 aliphatic carbocycles. The second kappa shape index (κ2) is 4.77. The predicted octanol–water partition coefficient (Wildman–Crippen LogP) is 0.455. The molecule has 0 fully saturated rings. The molecule has 0 aromatic carbocycles. The maximum absolute atomic E-state index is 11.5. The lowest BCUT2D eigenvalue weighted by Crippen LogP contribution is -2.42. The number of rotatable bonds is 6. The predicted molar refractivity (Wildman–Crippen MR) is 55.2 cm³/mol. The Morgan fingerprint density at radius 3 is 1.33 bits per heavy atom. The summed E-state index contributed by atoms with van der Waals surface area (Å²) in [7, 11) is -8.41. The van der Waals surface area contributed by atoms with Gasteiger partial charge in [-0.3, -0.25) is 8.37 Å². The highest BCUT2D eigenvalue weighted by molar-refractivity contribution is 8.06. The van der Waals surface area contributed by atoms with Crippen LogP contribution in [-0.2, 0) is 28.6 Å². The maximum atomic E-state index is 11.5. The van der Waals surface area contributed by atoms with E-state index in [4.69, 9.17) is 0 Å². The van der Waals surface area contributed by atoms with E-state index in [1.807, 2.05) is 0 Å². The van der Waals surface area contributed by atoms with Crippen LogP contribution in [0.1, 0.15) is 27.7 Å². The Morgan fingerprint density at radius 1 is 0.867 bits per heavy atom. The van der Waals surface area contributed by atoms with Crippen LogP contribution in [-0.4, -0.2) is 34.1 Å². The summed E-state index contributed by atoms with van der Waals surface area (Å²) in [5.74, 6) is 0. The zero-order chi connectivity index (χ0) is 12.3. The Bertz CT molecular complexity index is 353. The van der Waals surface area contributed by atoms with Gasteiger partial charge in [-0.25, -0.2) is 0 Å². The van der Waals surface area contributed by atoms with Crippen molar-refractivity contribution in [2.75, 3.05) is 13.2 Å². The van der Waals surface area contributed by atoms with E-state index in [1.54, 1.807) is 0 Å². The Hall–Kier alpha value is -0.180. The van der Waals surface area contributed by atoms with Crippen molar-refractivity contribution in [1.82, 2.24) is 0 Å². The van der Waals surface area contributed by atoms with E-state index in [0.717, 1.165) is 13.8 Å². The molecule has 0 spiro atoms. The van der Waals surface area contributed by atoms with E-state index in [-0.39, 0.29) is 13.2 Å². The van der Waals surface area contributed by atoms with Gasteiger partial charge in [-0.1, -0.05) is 0 Å². The van der Waals surface area contributed by atoms with Crippen molar-refractivity contribution < 1.29 is 25.2 Å². The van der Waals surface area contributed by atoms with E-state index < -0.39 is 24.3 Å². The molecule has 0 saturated carbocycles. The Kier molecular flexibility index (Phi) is 4.71. The van der Waals surface area contributed by atoms with Crippen LogP contribution in [0.25, 0.3) is 0 Å². The standard InChI is InChI=1S/C7H16O6S2/c1-5-12-14(8,9)7(3,4)15(10,11)13-6-2/h5-6H2,1-4H3. The van der Waals surface area contributed by atoms with Crippen LogP contribution >= 0.6 is 0 Å². The molecule has 0 heterocycles. The molecule has 0 atom stereocenters. The second-order valence-electron chi connectivity index (χ2n) is 3.12. The second-order valence-corrected chi connectivity index (χ2v) is 7.71. The molecule has 0 unspecified atom stereocenters. The lowest BCUT2D eigenvalue weighted by Gasteiger charge is -2.22. The minimum Gasteiger partial charge on any atom is -0.269 e. The summed E-state index contributed by atoms with van der Waals surface area (Å²) in [6.45, 7) is 4.74. The van der Waals surface area contributed by atoms with Crippen LogP contribution in [0.15, 0.2) is 0 Å². The number of hydrogen-bond donors (Lipinski definition) is 0. The molecule has 15 heavy (non-hydrogen) atoms. The van der Waals surface area contributed by atoms with Crippen LogP contribution < -0.4 is 0 Å². The highest BCUT2D eigenvalue weighted by Crippen LogP contribution is 2.26. The van der Waals surface area contributed by atoms with E-state index in [1.165, 1.54) is 13.8 Å². The molecule has 8 heteroatoms. The minimum atomic E-state index is -4.20. The zero-order valence-electron chi connectivity index (χ0n) is 9.18. The summed E-state index contributed by atoms with van der Waals surface area (Å²) in [5, 5.41) is 0. The van der Waals surface area contributed by atoms with Gasteiger partial charge in [0, 0.05) is 0 Å². The van der Waals surface area contributed by atoms with E-state index in [9.17, 15) is 16.8 Å². The van der Waals surface area contributed by atoms with Crippen molar-refractivity contribution in [2.45, 2.75) is 31.8 Å². The molecule has 92 valence electrons. The van der Waals surface area contributed by atoms with Crippen LogP contribution in [0.2, 0.25) is 0 Å². The molecule has 0 bridgehead atoms. The highest BCUT2D eigenvalue weighted by atomic mass is 32.3. The van der Waals surface area contributed by atoms with Crippen molar-refractivity contribution in [3.05, 3.63) is 0 Å². The van der Waals surface area contributed by atoms with E-state index >= 15 is 0 Å². The zero-order valence-corrected chi connectivity index (χ0v) is 10.8. The van der Waals surface area contributed by atoms with Gasteiger partial charge in [-0.15, -0.1) is 0 Å². The summed E-state index contributed by atoms with van der Waals surface area (Å²) in [6, 6.07) is 0. The van der Waals surface area contributed by atoms with Gasteiger partial charge in [0.1, 0.15) is 0 Å². The van der Waals surface area contributed by atoms with E-state index in [2.05, 4.69) is 8.37 Å².